The monoisotopic (exact) mass is 373 g/mol. The molecule has 0 spiro atoms. The Bertz CT molecular complexity index is 624. The summed E-state index contributed by atoms with van der Waals surface area (Å²) in [5, 5.41) is 11.9. The van der Waals surface area contributed by atoms with Crippen molar-refractivity contribution in [2.45, 2.75) is 109 Å². The van der Waals surface area contributed by atoms with Crippen molar-refractivity contribution >= 4 is 0 Å². The minimum absolute atomic E-state index is 0.229. The third-order valence-electron chi connectivity index (χ3n) is 10.7. The Morgan fingerprint density at radius 3 is 2.67 bits per heavy atom. The van der Waals surface area contributed by atoms with Crippen molar-refractivity contribution < 1.29 is 9.84 Å². The smallest absolute Gasteiger partial charge is 0.139 e. The molecule has 1 N–H and O–H groups in total. The standard InChI is InChI=1S/C24H39NO2/c1-22-11-3-5-18(22)17-8-7-16-9-13-24(26,15-23(16,2)19(17)10-12-22)25-14-4-6-20-21(25)27-20/h16-21,26H,3-15H2,1-2H3/t16?,17-,18-,19+,20?,21?,22-,23-,24?/m0/s1. The van der Waals surface area contributed by atoms with Crippen LogP contribution in [-0.2, 0) is 4.74 Å². The van der Waals surface area contributed by atoms with Crippen LogP contribution in [-0.4, -0.2) is 34.6 Å². The molecule has 0 bridgehead atoms. The van der Waals surface area contributed by atoms with E-state index in [4.69, 9.17) is 4.74 Å². The molecule has 4 unspecified atom stereocenters. The molecule has 0 amide bonds. The summed E-state index contributed by atoms with van der Waals surface area (Å²) in [7, 11) is 0. The second-order valence-corrected chi connectivity index (χ2v) is 11.8. The zero-order valence-corrected chi connectivity index (χ0v) is 17.5. The lowest BCUT2D eigenvalue weighted by Gasteiger charge is -2.63. The van der Waals surface area contributed by atoms with E-state index < -0.39 is 5.72 Å². The second-order valence-electron chi connectivity index (χ2n) is 11.8. The molecule has 6 fully saturated rings. The molecule has 152 valence electrons. The van der Waals surface area contributed by atoms with Gasteiger partial charge in [-0.3, -0.25) is 0 Å². The molecule has 4 saturated carbocycles. The molecule has 2 saturated heterocycles. The largest absolute Gasteiger partial charge is 0.376 e. The molecule has 4 aliphatic carbocycles. The lowest BCUT2D eigenvalue weighted by Crippen LogP contribution is -2.62. The van der Waals surface area contributed by atoms with Crippen LogP contribution in [0.3, 0.4) is 0 Å². The van der Waals surface area contributed by atoms with Crippen LogP contribution in [0, 0.1) is 34.5 Å². The van der Waals surface area contributed by atoms with Crippen LogP contribution in [0.2, 0.25) is 0 Å². The molecule has 0 aromatic heterocycles. The summed E-state index contributed by atoms with van der Waals surface area (Å²) < 4.78 is 5.92. The maximum absolute atomic E-state index is 11.9. The first kappa shape index (κ1) is 17.7. The number of fused-ring (bicyclic) bond motifs is 6. The maximum atomic E-state index is 11.9. The van der Waals surface area contributed by atoms with E-state index in [1.807, 2.05) is 0 Å². The third kappa shape index (κ3) is 2.43. The van der Waals surface area contributed by atoms with Gasteiger partial charge in [0.25, 0.3) is 0 Å². The van der Waals surface area contributed by atoms with Crippen molar-refractivity contribution in [3.8, 4) is 0 Å². The molecular formula is C24H39NO2. The van der Waals surface area contributed by atoms with Crippen LogP contribution in [0.1, 0.15) is 90.9 Å². The van der Waals surface area contributed by atoms with E-state index >= 15 is 0 Å². The first-order valence-electron chi connectivity index (χ1n) is 12.1. The molecule has 3 nitrogen and oxygen atoms in total. The summed E-state index contributed by atoms with van der Waals surface area (Å²) in [6.45, 7) is 6.23. The maximum Gasteiger partial charge on any atom is 0.139 e. The van der Waals surface area contributed by atoms with Crippen LogP contribution in [0.25, 0.3) is 0 Å². The van der Waals surface area contributed by atoms with Crippen LogP contribution in [0.4, 0.5) is 0 Å². The third-order valence-corrected chi connectivity index (χ3v) is 10.7. The van der Waals surface area contributed by atoms with Gasteiger partial charge in [0.1, 0.15) is 12.0 Å². The van der Waals surface area contributed by atoms with Gasteiger partial charge in [-0.05, 0) is 105 Å². The molecule has 9 atom stereocenters. The van der Waals surface area contributed by atoms with Crippen molar-refractivity contribution in [3.05, 3.63) is 0 Å². The lowest BCUT2D eigenvalue weighted by molar-refractivity contribution is -0.218. The number of aliphatic hydroxyl groups is 1. The number of ether oxygens (including phenoxy) is 1. The minimum atomic E-state index is -0.608. The highest BCUT2D eigenvalue weighted by Gasteiger charge is 2.62. The average Bonchev–Trinajstić information content (AvgIpc) is 3.32. The molecule has 0 aromatic carbocycles. The van der Waals surface area contributed by atoms with Crippen molar-refractivity contribution in [1.82, 2.24) is 4.90 Å². The van der Waals surface area contributed by atoms with Gasteiger partial charge in [-0.1, -0.05) is 20.3 Å². The summed E-state index contributed by atoms with van der Waals surface area (Å²) in [6, 6.07) is 0. The normalized spacial score (nSPS) is 60.1. The Hall–Kier alpha value is -0.120. The SMILES string of the molecule is C[C@@]12CCC[C@H]1[C@@H]1CCC3CCC(O)(N4CCCC5OC54)C[C@]3(C)[C@@H]1CC2. The van der Waals surface area contributed by atoms with Gasteiger partial charge in [-0.15, -0.1) is 0 Å². The van der Waals surface area contributed by atoms with Crippen molar-refractivity contribution in [3.63, 3.8) is 0 Å². The first-order chi connectivity index (χ1) is 12.9. The van der Waals surface area contributed by atoms with E-state index in [1.54, 1.807) is 0 Å². The van der Waals surface area contributed by atoms with Crippen LogP contribution in [0.5, 0.6) is 0 Å². The molecule has 2 heterocycles. The van der Waals surface area contributed by atoms with Crippen LogP contribution >= 0.6 is 0 Å². The quantitative estimate of drug-likeness (QED) is 0.662. The number of likely N-dealkylation sites (tertiary alicyclic amines) is 1. The fraction of sp³-hybridized carbons (Fsp3) is 1.00. The first-order valence-corrected chi connectivity index (χ1v) is 12.1. The highest BCUT2D eigenvalue weighted by Crippen LogP contribution is 2.67. The summed E-state index contributed by atoms with van der Waals surface area (Å²) in [5.74, 6) is 3.58. The molecule has 27 heavy (non-hydrogen) atoms. The topological polar surface area (TPSA) is 36.0 Å². The molecule has 6 rings (SSSR count). The average molecular weight is 374 g/mol. The van der Waals surface area contributed by atoms with E-state index in [-0.39, 0.29) is 6.23 Å². The number of epoxide rings is 1. The Morgan fingerprint density at radius 1 is 0.889 bits per heavy atom. The van der Waals surface area contributed by atoms with Gasteiger partial charge >= 0.3 is 0 Å². The second kappa shape index (κ2) is 5.73. The van der Waals surface area contributed by atoms with Gasteiger partial charge in [0.05, 0.1) is 6.10 Å². The minimum Gasteiger partial charge on any atom is -0.376 e. The summed E-state index contributed by atoms with van der Waals surface area (Å²) in [4.78, 5) is 2.38. The van der Waals surface area contributed by atoms with Gasteiger partial charge in [0.15, 0.2) is 0 Å². The van der Waals surface area contributed by atoms with Crippen molar-refractivity contribution in [1.29, 1.82) is 0 Å². The van der Waals surface area contributed by atoms with Crippen molar-refractivity contribution in [2.24, 2.45) is 34.5 Å². The fourth-order valence-electron chi connectivity index (χ4n) is 9.28. The fourth-order valence-corrected chi connectivity index (χ4v) is 9.28. The highest BCUT2D eigenvalue weighted by atomic mass is 16.6. The van der Waals surface area contributed by atoms with E-state index in [0.29, 0.717) is 16.9 Å². The Morgan fingerprint density at radius 2 is 1.78 bits per heavy atom. The number of rotatable bonds is 1. The molecule has 0 radical (unpaired) electrons. The van der Waals surface area contributed by atoms with Gasteiger partial charge < -0.3 is 9.84 Å². The van der Waals surface area contributed by atoms with E-state index in [1.165, 1.54) is 64.2 Å². The van der Waals surface area contributed by atoms with Gasteiger partial charge in [-0.2, -0.15) is 0 Å². The van der Waals surface area contributed by atoms with Gasteiger partial charge in [0.2, 0.25) is 0 Å². The summed E-state index contributed by atoms with van der Waals surface area (Å²) in [6.07, 6.45) is 16.4. The molecular weight excluding hydrogens is 334 g/mol. The molecule has 0 aromatic rings. The predicted octanol–water partition coefficient (Wildman–Crippen LogP) is 4.93. The summed E-state index contributed by atoms with van der Waals surface area (Å²) >= 11 is 0. The molecule has 6 aliphatic rings. The number of piperidine rings is 1. The predicted molar refractivity (Wildman–Crippen MR) is 106 cm³/mol. The van der Waals surface area contributed by atoms with Crippen molar-refractivity contribution in [2.75, 3.05) is 6.54 Å². The van der Waals surface area contributed by atoms with E-state index in [0.717, 1.165) is 43.1 Å². The zero-order chi connectivity index (χ0) is 18.4. The Kier molecular flexibility index (Phi) is 3.76. The Labute approximate surface area is 165 Å². The highest BCUT2D eigenvalue weighted by molar-refractivity contribution is 5.10. The molecule has 2 aliphatic heterocycles. The molecule has 3 heteroatoms. The Balaban J connectivity index is 1.29. The summed E-state index contributed by atoms with van der Waals surface area (Å²) in [5.41, 5.74) is 0.363. The number of nitrogens with zero attached hydrogens (tertiary/aromatic N) is 1. The van der Waals surface area contributed by atoms with Crippen LogP contribution in [0.15, 0.2) is 0 Å². The lowest BCUT2D eigenvalue weighted by atomic mass is 9.44. The van der Waals surface area contributed by atoms with Crippen LogP contribution < -0.4 is 0 Å². The van der Waals surface area contributed by atoms with E-state index in [2.05, 4.69) is 18.7 Å². The number of hydrogen-bond donors (Lipinski definition) is 1. The zero-order valence-electron chi connectivity index (χ0n) is 17.5. The van der Waals surface area contributed by atoms with Gasteiger partial charge in [-0.25, -0.2) is 4.90 Å². The van der Waals surface area contributed by atoms with Gasteiger partial charge in [0, 0.05) is 6.54 Å². The van der Waals surface area contributed by atoms with E-state index in [9.17, 15) is 5.11 Å². The number of hydrogen-bond acceptors (Lipinski definition) is 3.